The number of carbonyl (C=O) groups is 2. The largest absolute Gasteiger partial charge is 0.505 e. The van der Waals surface area contributed by atoms with Crippen LogP contribution in [0.15, 0.2) is 52.8 Å². The van der Waals surface area contributed by atoms with Crippen LogP contribution in [-0.2, 0) is 14.3 Å². The van der Waals surface area contributed by atoms with Gasteiger partial charge >= 0.3 is 0 Å². The molecule has 2 aliphatic rings. The first-order valence-corrected chi connectivity index (χ1v) is 11.1. The molecule has 2 saturated heterocycles. The summed E-state index contributed by atoms with van der Waals surface area (Å²) in [6, 6.07) is 8.13. The molecule has 1 atom stereocenters. The standard InChI is InChI=1S/C24H26N4O5/c1-16-20(27-9-3-2-7-18(27)25-16)22(29)19-21(17-6-4-13-33-17)28(24(31)23(19)30)10-5-8-26-11-14-32-15-12-26/h2-4,6-7,9,13,21,29H,5,8,10-12,14-15H2,1H3/b22-19+/t21-/m1/s1. The van der Waals surface area contributed by atoms with E-state index in [9.17, 15) is 14.7 Å². The van der Waals surface area contributed by atoms with E-state index in [-0.39, 0.29) is 11.3 Å². The summed E-state index contributed by atoms with van der Waals surface area (Å²) in [6.45, 7) is 6.05. The number of hydrogen-bond acceptors (Lipinski definition) is 7. The lowest BCUT2D eigenvalue weighted by Gasteiger charge is -2.28. The quantitative estimate of drug-likeness (QED) is 0.350. The first kappa shape index (κ1) is 21.4. The molecule has 5 heterocycles. The Bertz CT molecular complexity index is 1210. The lowest BCUT2D eigenvalue weighted by atomic mass is 10.0. The van der Waals surface area contributed by atoms with Gasteiger partial charge in [-0.15, -0.1) is 0 Å². The lowest BCUT2D eigenvalue weighted by Crippen LogP contribution is -2.38. The van der Waals surface area contributed by atoms with E-state index in [0.717, 1.165) is 19.6 Å². The van der Waals surface area contributed by atoms with Gasteiger partial charge in [0.1, 0.15) is 23.1 Å². The fourth-order valence-corrected chi connectivity index (χ4v) is 4.67. The van der Waals surface area contributed by atoms with Gasteiger partial charge < -0.3 is 19.2 Å². The number of amides is 1. The number of rotatable bonds is 6. The number of morpholine rings is 1. The SMILES string of the molecule is Cc1nc2ccccn2c1/C(O)=C1\C(=O)C(=O)N(CCCN2CCOCC2)[C@@H]1c1ccco1. The molecule has 9 heteroatoms. The molecule has 9 nitrogen and oxygen atoms in total. The van der Waals surface area contributed by atoms with Crippen LogP contribution in [0.3, 0.4) is 0 Å². The van der Waals surface area contributed by atoms with Crippen LogP contribution in [-0.4, -0.2) is 75.4 Å². The molecule has 0 unspecified atom stereocenters. The Morgan fingerprint density at radius 2 is 1.97 bits per heavy atom. The smallest absolute Gasteiger partial charge is 0.295 e. The third-order valence-corrected chi connectivity index (χ3v) is 6.26. The van der Waals surface area contributed by atoms with Gasteiger partial charge in [-0.1, -0.05) is 6.07 Å². The van der Waals surface area contributed by atoms with Crippen molar-refractivity contribution in [2.24, 2.45) is 0 Å². The van der Waals surface area contributed by atoms with Gasteiger partial charge in [-0.3, -0.25) is 18.9 Å². The molecule has 0 spiro atoms. The third-order valence-electron chi connectivity index (χ3n) is 6.26. The van der Waals surface area contributed by atoms with Crippen LogP contribution >= 0.6 is 0 Å². The molecule has 172 valence electrons. The molecular formula is C24H26N4O5. The fourth-order valence-electron chi connectivity index (χ4n) is 4.67. The number of aliphatic hydroxyl groups excluding tert-OH is 1. The maximum Gasteiger partial charge on any atom is 0.295 e. The van der Waals surface area contributed by atoms with Crippen molar-refractivity contribution in [2.45, 2.75) is 19.4 Å². The van der Waals surface area contributed by atoms with Gasteiger partial charge in [0.05, 0.1) is 30.7 Å². The molecule has 5 rings (SSSR count). The zero-order valence-electron chi connectivity index (χ0n) is 18.4. The summed E-state index contributed by atoms with van der Waals surface area (Å²) in [4.78, 5) is 34.5. The number of furan rings is 1. The molecule has 0 radical (unpaired) electrons. The van der Waals surface area contributed by atoms with Gasteiger partial charge in [0.25, 0.3) is 11.7 Å². The number of ether oxygens (including phenoxy) is 1. The maximum absolute atomic E-state index is 13.2. The molecule has 2 aliphatic heterocycles. The average molecular weight is 450 g/mol. The van der Waals surface area contributed by atoms with Crippen molar-refractivity contribution < 1.29 is 23.8 Å². The Kier molecular flexibility index (Phi) is 5.74. The maximum atomic E-state index is 13.2. The molecule has 0 aromatic carbocycles. The van der Waals surface area contributed by atoms with Gasteiger partial charge in [0.2, 0.25) is 0 Å². The highest BCUT2D eigenvalue weighted by Gasteiger charge is 2.47. The molecular weight excluding hydrogens is 424 g/mol. The number of carbonyl (C=O) groups excluding carboxylic acids is 2. The van der Waals surface area contributed by atoms with Crippen LogP contribution in [0.1, 0.15) is 29.6 Å². The fraction of sp³-hybridized carbons (Fsp3) is 0.375. The van der Waals surface area contributed by atoms with Crippen LogP contribution < -0.4 is 0 Å². The van der Waals surface area contributed by atoms with E-state index in [4.69, 9.17) is 9.15 Å². The number of nitrogens with zero attached hydrogens (tertiary/aromatic N) is 4. The molecule has 3 aromatic rings. The Morgan fingerprint density at radius 1 is 1.15 bits per heavy atom. The van der Waals surface area contributed by atoms with Crippen molar-refractivity contribution in [1.82, 2.24) is 19.2 Å². The van der Waals surface area contributed by atoms with Crippen LogP contribution in [0.25, 0.3) is 11.4 Å². The molecule has 0 aliphatic carbocycles. The van der Waals surface area contributed by atoms with Gasteiger partial charge in [-0.05, 0) is 37.6 Å². The second kappa shape index (κ2) is 8.84. The number of pyridine rings is 1. The third kappa shape index (κ3) is 3.83. The van der Waals surface area contributed by atoms with E-state index in [2.05, 4.69) is 9.88 Å². The van der Waals surface area contributed by atoms with E-state index in [1.54, 1.807) is 29.7 Å². The topological polar surface area (TPSA) is 101 Å². The van der Waals surface area contributed by atoms with E-state index in [1.807, 2.05) is 18.2 Å². The summed E-state index contributed by atoms with van der Waals surface area (Å²) in [5, 5.41) is 11.3. The Balaban J connectivity index is 1.51. The minimum absolute atomic E-state index is 0.0232. The molecule has 1 amide bonds. The van der Waals surface area contributed by atoms with Gasteiger partial charge in [0, 0.05) is 32.4 Å². The Morgan fingerprint density at radius 3 is 2.73 bits per heavy atom. The second-order valence-corrected chi connectivity index (χ2v) is 8.29. The van der Waals surface area contributed by atoms with Crippen LogP contribution in [0.4, 0.5) is 0 Å². The molecule has 2 fully saturated rings. The van der Waals surface area contributed by atoms with E-state index >= 15 is 0 Å². The number of imidazole rings is 1. The van der Waals surface area contributed by atoms with E-state index in [1.165, 1.54) is 11.2 Å². The van der Waals surface area contributed by atoms with Crippen molar-refractivity contribution in [1.29, 1.82) is 0 Å². The molecule has 3 aromatic heterocycles. The molecule has 1 N–H and O–H groups in total. The summed E-state index contributed by atoms with van der Waals surface area (Å²) in [5.74, 6) is -1.16. The number of likely N-dealkylation sites (tertiary alicyclic amines) is 1. The highest BCUT2D eigenvalue weighted by molar-refractivity contribution is 6.46. The average Bonchev–Trinajstić information content (AvgIpc) is 3.52. The van der Waals surface area contributed by atoms with Crippen molar-refractivity contribution in [3.8, 4) is 0 Å². The number of hydrogen-bond donors (Lipinski definition) is 1. The van der Waals surface area contributed by atoms with Gasteiger partial charge in [0.15, 0.2) is 5.76 Å². The van der Waals surface area contributed by atoms with Gasteiger partial charge in [-0.2, -0.15) is 0 Å². The number of Topliss-reactive ketones (excluding diaryl/α,β-unsaturated/α-hetero) is 1. The minimum atomic E-state index is -0.793. The monoisotopic (exact) mass is 450 g/mol. The number of aliphatic hydroxyl groups is 1. The molecule has 0 bridgehead atoms. The van der Waals surface area contributed by atoms with Crippen molar-refractivity contribution >= 4 is 23.1 Å². The highest BCUT2D eigenvalue weighted by atomic mass is 16.5. The summed E-state index contributed by atoms with van der Waals surface area (Å²) in [6.07, 6.45) is 3.96. The van der Waals surface area contributed by atoms with Crippen molar-refractivity contribution in [3.05, 3.63) is 65.5 Å². The number of fused-ring (bicyclic) bond motifs is 1. The lowest BCUT2D eigenvalue weighted by molar-refractivity contribution is -0.140. The summed E-state index contributed by atoms with van der Waals surface area (Å²) in [5.41, 5.74) is 1.63. The predicted octanol–water partition coefficient (Wildman–Crippen LogP) is 2.38. The number of aryl methyl sites for hydroxylation is 1. The molecule has 0 saturated carbocycles. The Hall–Kier alpha value is -3.43. The van der Waals surface area contributed by atoms with Crippen LogP contribution in [0, 0.1) is 6.92 Å². The summed E-state index contributed by atoms with van der Waals surface area (Å²) in [7, 11) is 0. The predicted molar refractivity (Wildman–Crippen MR) is 120 cm³/mol. The van der Waals surface area contributed by atoms with E-state index in [0.29, 0.717) is 49.0 Å². The zero-order chi connectivity index (χ0) is 22.9. The zero-order valence-corrected chi connectivity index (χ0v) is 18.4. The minimum Gasteiger partial charge on any atom is -0.505 e. The molecule has 33 heavy (non-hydrogen) atoms. The van der Waals surface area contributed by atoms with Crippen LogP contribution in [0.5, 0.6) is 0 Å². The highest BCUT2D eigenvalue weighted by Crippen LogP contribution is 2.40. The number of aromatic nitrogens is 2. The Labute approximate surface area is 190 Å². The van der Waals surface area contributed by atoms with Crippen molar-refractivity contribution in [2.75, 3.05) is 39.4 Å². The normalized spacial score (nSPS) is 21.4. The summed E-state index contributed by atoms with van der Waals surface area (Å²) >= 11 is 0. The first-order valence-electron chi connectivity index (χ1n) is 11.1. The second-order valence-electron chi connectivity index (χ2n) is 8.29. The van der Waals surface area contributed by atoms with E-state index < -0.39 is 17.7 Å². The first-order chi connectivity index (χ1) is 16.1. The summed E-state index contributed by atoms with van der Waals surface area (Å²) < 4.78 is 12.7. The van der Waals surface area contributed by atoms with Crippen LogP contribution in [0.2, 0.25) is 0 Å². The van der Waals surface area contributed by atoms with Gasteiger partial charge in [-0.25, -0.2) is 4.98 Å². The van der Waals surface area contributed by atoms with Crippen molar-refractivity contribution in [3.63, 3.8) is 0 Å². The number of ketones is 1.